The Morgan fingerprint density at radius 2 is 2.03 bits per heavy atom. The van der Waals surface area contributed by atoms with Crippen molar-refractivity contribution in [1.82, 2.24) is 24.9 Å². The smallest absolute Gasteiger partial charge is 0.207 e. The van der Waals surface area contributed by atoms with E-state index in [4.69, 9.17) is 6.42 Å². The van der Waals surface area contributed by atoms with Crippen LogP contribution in [0.1, 0.15) is 44.0 Å². The minimum absolute atomic E-state index is 0.0884. The minimum Gasteiger partial charge on any atom is -0.207 e. The summed E-state index contributed by atoms with van der Waals surface area (Å²) in [4.78, 5) is 0.282. The van der Waals surface area contributed by atoms with Crippen LogP contribution in [0.25, 0.3) is 0 Å². The predicted molar refractivity (Wildman–Crippen MR) is 112 cm³/mol. The van der Waals surface area contributed by atoms with E-state index in [2.05, 4.69) is 26.5 Å². The molecule has 1 fully saturated rings. The lowest BCUT2D eigenvalue weighted by Gasteiger charge is -2.39. The predicted octanol–water partition coefficient (Wildman–Crippen LogP) is 2.78. The molecule has 3 rings (SSSR count). The molecule has 2 aromatic rings. The third-order valence-corrected chi connectivity index (χ3v) is 7.36. The van der Waals surface area contributed by atoms with Crippen molar-refractivity contribution in [1.29, 1.82) is 0 Å². The lowest BCUT2D eigenvalue weighted by molar-refractivity contribution is 0.258. The Labute approximate surface area is 172 Å². The number of sulfonamides is 1. The summed E-state index contributed by atoms with van der Waals surface area (Å²) in [5.41, 5.74) is 0.590. The summed E-state index contributed by atoms with van der Waals surface area (Å²) in [6, 6.07) is 9.95. The number of terminal acetylenes is 1. The van der Waals surface area contributed by atoms with Crippen LogP contribution in [0.4, 0.5) is 0 Å². The molecular weight excluding hydrogens is 386 g/mol. The van der Waals surface area contributed by atoms with Gasteiger partial charge in [0.05, 0.1) is 10.3 Å². The average molecular weight is 412 g/mol. The topological polar surface area (TPSA) is 91.8 Å². The largest absolute Gasteiger partial charge is 0.239 e. The van der Waals surface area contributed by atoms with E-state index < -0.39 is 15.4 Å². The van der Waals surface area contributed by atoms with Crippen molar-refractivity contribution in [2.24, 2.45) is 0 Å². The molecule has 8 heteroatoms. The first-order valence-corrected chi connectivity index (χ1v) is 11.0. The van der Waals surface area contributed by atoms with Crippen LogP contribution in [0.15, 0.2) is 53.5 Å². The molecule has 1 aliphatic heterocycles. The second-order valence-electron chi connectivity index (χ2n) is 6.94. The molecule has 0 bridgehead atoms. The Morgan fingerprint density at radius 3 is 2.62 bits per heavy atom. The van der Waals surface area contributed by atoms with Crippen molar-refractivity contribution in [2.45, 2.75) is 38.0 Å². The van der Waals surface area contributed by atoms with E-state index in [0.717, 1.165) is 5.56 Å². The van der Waals surface area contributed by atoms with Gasteiger partial charge in [-0.2, -0.15) is 9.52 Å². The fourth-order valence-corrected chi connectivity index (χ4v) is 5.31. The number of tetrazole rings is 1. The molecule has 0 unspecified atom stereocenters. The fraction of sp³-hybridized carbons (Fsp3) is 0.381. The van der Waals surface area contributed by atoms with Gasteiger partial charge >= 0.3 is 0 Å². The molecule has 0 aliphatic carbocycles. The monoisotopic (exact) mass is 411 g/mol. The Hall–Kier alpha value is -2.76. The molecule has 2 heterocycles. The molecule has 0 radical (unpaired) electrons. The van der Waals surface area contributed by atoms with Gasteiger partial charge in [-0.05, 0) is 31.7 Å². The zero-order valence-electron chi connectivity index (χ0n) is 16.5. The van der Waals surface area contributed by atoms with Crippen molar-refractivity contribution in [3.05, 3.63) is 64.9 Å². The van der Waals surface area contributed by atoms with Crippen LogP contribution in [-0.4, -0.2) is 46.4 Å². The van der Waals surface area contributed by atoms with Gasteiger partial charge in [0.2, 0.25) is 10.0 Å². The highest BCUT2D eigenvalue weighted by atomic mass is 32.2. The standard InChI is InChI=1S/C21H25N5O2S/c1-3-5-7-13-19(10-4-2)29(27,28)26-16-14-21(15-17-26,20-22-24-25-23-20)18-11-8-6-9-12-18/h2-3,5-6,8-9,11-13H,7,10,14-17H2,1H3,(H,22,23,24,25)/b5-3-,19-13+. The van der Waals surface area contributed by atoms with Gasteiger partial charge in [0.1, 0.15) is 0 Å². The SMILES string of the molecule is C#CC/C(=C\C/C=C\C)S(=O)(=O)N1CCC(c2ccccc2)(c2nn[nH]n2)CC1. The zero-order valence-corrected chi connectivity index (χ0v) is 17.3. The van der Waals surface area contributed by atoms with Crippen LogP contribution < -0.4 is 0 Å². The Morgan fingerprint density at radius 1 is 1.31 bits per heavy atom. The highest BCUT2D eigenvalue weighted by Crippen LogP contribution is 2.40. The van der Waals surface area contributed by atoms with Gasteiger partial charge in [-0.1, -0.05) is 53.8 Å². The van der Waals surface area contributed by atoms with Gasteiger partial charge in [0.25, 0.3) is 0 Å². The van der Waals surface area contributed by atoms with Crippen LogP contribution in [0.3, 0.4) is 0 Å². The number of piperidine rings is 1. The number of aromatic nitrogens is 4. The molecule has 1 aliphatic rings. The average Bonchev–Trinajstić information content (AvgIpc) is 3.29. The van der Waals surface area contributed by atoms with Gasteiger partial charge in [-0.15, -0.1) is 22.5 Å². The number of benzene rings is 1. The van der Waals surface area contributed by atoms with Crippen molar-refractivity contribution >= 4 is 10.0 Å². The summed E-state index contributed by atoms with van der Waals surface area (Å²) in [5.74, 6) is 3.06. The third kappa shape index (κ3) is 4.31. The summed E-state index contributed by atoms with van der Waals surface area (Å²) in [5, 5.41) is 14.7. The van der Waals surface area contributed by atoms with E-state index >= 15 is 0 Å². The second-order valence-corrected chi connectivity index (χ2v) is 8.93. The van der Waals surface area contributed by atoms with Crippen LogP contribution in [0.2, 0.25) is 0 Å². The van der Waals surface area contributed by atoms with Crippen LogP contribution >= 0.6 is 0 Å². The van der Waals surface area contributed by atoms with E-state index in [9.17, 15) is 8.42 Å². The molecule has 0 amide bonds. The molecule has 0 spiro atoms. The molecule has 29 heavy (non-hydrogen) atoms. The highest BCUT2D eigenvalue weighted by molar-refractivity contribution is 7.93. The van der Waals surface area contributed by atoms with Crippen molar-refractivity contribution in [2.75, 3.05) is 13.1 Å². The minimum atomic E-state index is -3.61. The van der Waals surface area contributed by atoms with E-state index in [-0.39, 0.29) is 11.3 Å². The van der Waals surface area contributed by atoms with E-state index in [1.54, 1.807) is 6.08 Å². The summed E-state index contributed by atoms with van der Waals surface area (Å²) >= 11 is 0. The van der Waals surface area contributed by atoms with Crippen LogP contribution in [0, 0.1) is 12.3 Å². The number of hydrogen-bond acceptors (Lipinski definition) is 5. The summed E-state index contributed by atoms with van der Waals surface area (Å²) < 4.78 is 27.9. The third-order valence-electron chi connectivity index (χ3n) is 5.34. The number of aromatic amines is 1. The maximum atomic E-state index is 13.2. The molecule has 1 saturated heterocycles. The fourth-order valence-electron chi connectivity index (χ4n) is 3.74. The summed E-state index contributed by atoms with van der Waals surface area (Å²) in [6.45, 7) is 2.61. The highest BCUT2D eigenvalue weighted by Gasteiger charge is 2.44. The second kappa shape index (κ2) is 9.16. The lowest BCUT2D eigenvalue weighted by Crippen LogP contribution is -2.46. The number of rotatable bonds is 7. The lowest BCUT2D eigenvalue weighted by atomic mass is 9.72. The van der Waals surface area contributed by atoms with E-state index in [1.165, 1.54) is 4.31 Å². The number of nitrogens with one attached hydrogen (secondary N) is 1. The van der Waals surface area contributed by atoms with Gasteiger partial charge in [-0.3, -0.25) is 0 Å². The van der Waals surface area contributed by atoms with Gasteiger partial charge in [0, 0.05) is 19.5 Å². The first-order valence-electron chi connectivity index (χ1n) is 9.58. The molecule has 7 nitrogen and oxygen atoms in total. The summed E-state index contributed by atoms with van der Waals surface area (Å²) in [6.07, 6.45) is 12.7. The zero-order chi connectivity index (χ0) is 20.7. The van der Waals surface area contributed by atoms with Crippen LogP contribution in [-0.2, 0) is 15.4 Å². The van der Waals surface area contributed by atoms with E-state index in [0.29, 0.717) is 38.2 Å². The molecule has 1 aromatic carbocycles. The Bertz CT molecular complexity index is 997. The molecule has 1 aromatic heterocycles. The number of nitrogens with zero attached hydrogens (tertiary/aromatic N) is 4. The quantitative estimate of drug-likeness (QED) is 0.559. The Balaban J connectivity index is 1.87. The van der Waals surface area contributed by atoms with Crippen molar-refractivity contribution in [3.8, 4) is 12.3 Å². The van der Waals surface area contributed by atoms with E-state index in [1.807, 2.05) is 49.4 Å². The normalized spacial score (nSPS) is 18.0. The first kappa shape index (κ1) is 21.0. The number of hydrogen-bond donors (Lipinski definition) is 1. The van der Waals surface area contributed by atoms with Gasteiger partial charge < -0.3 is 0 Å². The maximum Gasteiger partial charge on any atom is 0.239 e. The van der Waals surface area contributed by atoms with Crippen LogP contribution in [0.5, 0.6) is 0 Å². The van der Waals surface area contributed by atoms with Gasteiger partial charge in [0.15, 0.2) is 5.82 Å². The molecule has 1 N–H and O–H groups in total. The molecular formula is C21H25N5O2S. The maximum absolute atomic E-state index is 13.2. The molecule has 0 atom stereocenters. The summed E-state index contributed by atoms with van der Waals surface area (Å²) in [7, 11) is -3.61. The number of allylic oxidation sites excluding steroid dienone is 4. The van der Waals surface area contributed by atoms with Crippen molar-refractivity contribution < 1.29 is 8.42 Å². The Kier molecular flexibility index (Phi) is 6.62. The molecule has 0 saturated carbocycles. The number of H-pyrrole nitrogens is 1. The van der Waals surface area contributed by atoms with Gasteiger partial charge in [-0.25, -0.2) is 8.42 Å². The molecule has 152 valence electrons. The van der Waals surface area contributed by atoms with Crippen molar-refractivity contribution in [3.63, 3.8) is 0 Å². The first-order chi connectivity index (χ1) is 14.0.